The zero-order chi connectivity index (χ0) is 18.6. The highest BCUT2D eigenvalue weighted by molar-refractivity contribution is 6.30. The van der Waals surface area contributed by atoms with Crippen molar-refractivity contribution in [3.05, 3.63) is 65.1 Å². The number of nitrogens with zero attached hydrogens (tertiary/aromatic N) is 5. The molecule has 3 aromatic rings. The average Bonchev–Trinajstić information content (AvgIpc) is 3.17. The highest BCUT2D eigenvalue weighted by atomic mass is 35.5. The smallest absolute Gasteiger partial charge is 0.226 e. The number of nitriles is 1. The zero-order valence-corrected chi connectivity index (χ0v) is 15.4. The number of hydrogen-bond donors (Lipinski definition) is 0. The Morgan fingerprint density at radius 1 is 1.15 bits per heavy atom. The minimum atomic E-state index is 0.587. The minimum absolute atomic E-state index is 0.587. The first kappa shape index (κ1) is 17.5. The van der Waals surface area contributed by atoms with Gasteiger partial charge >= 0.3 is 0 Å². The lowest BCUT2D eigenvalue weighted by atomic mass is 10.2. The summed E-state index contributed by atoms with van der Waals surface area (Å²) in [5.41, 5.74) is 2.42. The molecule has 0 atom stereocenters. The maximum atomic E-state index is 9.04. The van der Waals surface area contributed by atoms with Crippen molar-refractivity contribution in [3.63, 3.8) is 0 Å². The summed E-state index contributed by atoms with van der Waals surface area (Å²) < 4.78 is 5.62. The van der Waals surface area contributed by atoms with E-state index in [9.17, 15) is 0 Å². The molecule has 0 aliphatic carbocycles. The van der Waals surface area contributed by atoms with E-state index in [4.69, 9.17) is 21.3 Å². The van der Waals surface area contributed by atoms with Gasteiger partial charge in [0, 0.05) is 49.5 Å². The van der Waals surface area contributed by atoms with Crippen molar-refractivity contribution in [1.82, 2.24) is 14.9 Å². The van der Waals surface area contributed by atoms with E-state index in [-0.39, 0.29) is 0 Å². The van der Waals surface area contributed by atoms with Crippen LogP contribution in [-0.2, 0) is 6.54 Å². The van der Waals surface area contributed by atoms with E-state index < -0.39 is 0 Å². The second kappa shape index (κ2) is 7.78. The molecule has 3 heterocycles. The normalized spacial score (nSPS) is 14.9. The number of oxazole rings is 1. The van der Waals surface area contributed by atoms with Gasteiger partial charge in [-0.1, -0.05) is 17.7 Å². The monoisotopic (exact) mass is 379 g/mol. The molecule has 0 N–H and O–H groups in total. The molecule has 4 rings (SSSR count). The van der Waals surface area contributed by atoms with Crippen molar-refractivity contribution in [1.29, 1.82) is 5.26 Å². The lowest BCUT2D eigenvalue weighted by Crippen LogP contribution is -2.46. The number of halogens is 1. The number of aromatic nitrogens is 2. The lowest BCUT2D eigenvalue weighted by molar-refractivity contribution is 0.246. The molecule has 6 nitrogen and oxygen atoms in total. The van der Waals surface area contributed by atoms with Gasteiger partial charge in [-0.3, -0.25) is 4.90 Å². The molecule has 0 unspecified atom stereocenters. The topological polar surface area (TPSA) is 69.2 Å². The molecule has 0 radical (unpaired) electrons. The van der Waals surface area contributed by atoms with Crippen molar-refractivity contribution >= 4 is 17.4 Å². The van der Waals surface area contributed by atoms with Crippen molar-refractivity contribution in [2.75, 3.05) is 31.1 Å². The SMILES string of the molecule is N#Cc1ccnc(N2CCN(Cc3coc(-c4cccc(Cl)c4)n3)CC2)c1. The number of rotatable bonds is 4. The number of benzene rings is 1. The molecule has 136 valence electrons. The average molecular weight is 380 g/mol. The van der Waals surface area contributed by atoms with Gasteiger partial charge < -0.3 is 9.32 Å². The summed E-state index contributed by atoms with van der Waals surface area (Å²) in [6.07, 6.45) is 3.40. The Kier molecular flexibility index (Phi) is 5.05. The van der Waals surface area contributed by atoms with Crippen LogP contribution in [0.15, 0.2) is 53.3 Å². The Morgan fingerprint density at radius 2 is 2.00 bits per heavy atom. The zero-order valence-electron chi connectivity index (χ0n) is 14.7. The van der Waals surface area contributed by atoms with Crippen molar-refractivity contribution in [3.8, 4) is 17.5 Å². The maximum Gasteiger partial charge on any atom is 0.226 e. The van der Waals surface area contributed by atoms with Gasteiger partial charge in [-0.15, -0.1) is 0 Å². The number of anilines is 1. The van der Waals surface area contributed by atoms with Crippen LogP contribution in [0.5, 0.6) is 0 Å². The minimum Gasteiger partial charge on any atom is -0.444 e. The second-order valence-corrected chi connectivity index (χ2v) is 6.87. The molecule has 1 aromatic carbocycles. The molecule has 2 aromatic heterocycles. The lowest BCUT2D eigenvalue weighted by Gasteiger charge is -2.35. The Hall–Kier alpha value is -2.88. The molecule has 1 aliphatic rings. The van der Waals surface area contributed by atoms with Crippen LogP contribution in [0.3, 0.4) is 0 Å². The molecule has 0 amide bonds. The van der Waals surface area contributed by atoms with E-state index in [0.29, 0.717) is 16.5 Å². The number of pyridine rings is 1. The fourth-order valence-corrected chi connectivity index (χ4v) is 3.35. The van der Waals surface area contributed by atoms with Crippen LogP contribution in [0.4, 0.5) is 5.82 Å². The summed E-state index contributed by atoms with van der Waals surface area (Å²) in [5, 5.41) is 9.70. The highest BCUT2D eigenvalue weighted by Crippen LogP contribution is 2.23. The van der Waals surface area contributed by atoms with Crippen LogP contribution in [0.2, 0.25) is 5.02 Å². The molecule has 27 heavy (non-hydrogen) atoms. The van der Waals surface area contributed by atoms with E-state index in [0.717, 1.165) is 49.8 Å². The Balaban J connectivity index is 1.36. The summed E-state index contributed by atoms with van der Waals surface area (Å²) in [7, 11) is 0. The van der Waals surface area contributed by atoms with Crippen molar-refractivity contribution in [2.24, 2.45) is 0 Å². The summed E-state index contributed by atoms with van der Waals surface area (Å²) >= 11 is 6.04. The van der Waals surface area contributed by atoms with Gasteiger partial charge in [0.2, 0.25) is 5.89 Å². The van der Waals surface area contributed by atoms with Gasteiger partial charge in [0.05, 0.1) is 17.3 Å². The van der Waals surface area contributed by atoms with E-state index in [1.807, 2.05) is 30.3 Å². The molecule has 1 saturated heterocycles. The van der Waals surface area contributed by atoms with Crippen LogP contribution < -0.4 is 4.90 Å². The van der Waals surface area contributed by atoms with Crippen LogP contribution in [-0.4, -0.2) is 41.0 Å². The first-order valence-electron chi connectivity index (χ1n) is 8.75. The predicted molar refractivity (Wildman–Crippen MR) is 103 cm³/mol. The fraction of sp³-hybridized carbons (Fsp3) is 0.250. The van der Waals surface area contributed by atoms with Gasteiger partial charge in [-0.2, -0.15) is 5.26 Å². The summed E-state index contributed by atoms with van der Waals surface area (Å²) in [5.74, 6) is 1.45. The van der Waals surface area contributed by atoms with E-state index in [2.05, 4.69) is 25.8 Å². The maximum absolute atomic E-state index is 9.04. The predicted octanol–water partition coefficient (Wildman–Crippen LogP) is 3.58. The number of piperazine rings is 1. The standard InChI is InChI=1S/C20H18ClN5O/c21-17-3-1-2-16(11-17)20-24-18(14-27-20)13-25-6-8-26(9-7-25)19-10-15(12-22)4-5-23-19/h1-5,10-11,14H,6-9,13H2. The van der Waals surface area contributed by atoms with Crippen LogP contribution in [0.1, 0.15) is 11.3 Å². The van der Waals surface area contributed by atoms with Crippen molar-refractivity contribution in [2.45, 2.75) is 6.54 Å². The first-order chi connectivity index (χ1) is 13.2. The molecule has 1 fully saturated rings. The Morgan fingerprint density at radius 3 is 2.78 bits per heavy atom. The Labute approximate surface area is 162 Å². The molecular weight excluding hydrogens is 362 g/mol. The van der Waals surface area contributed by atoms with Gasteiger partial charge in [-0.25, -0.2) is 9.97 Å². The third-order valence-corrected chi connectivity index (χ3v) is 4.81. The number of hydrogen-bond acceptors (Lipinski definition) is 6. The Bertz CT molecular complexity index is 972. The molecule has 0 saturated carbocycles. The van der Waals surface area contributed by atoms with E-state index in [1.54, 1.807) is 18.5 Å². The third kappa shape index (κ3) is 4.11. The van der Waals surface area contributed by atoms with Crippen LogP contribution >= 0.6 is 11.6 Å². The van der Waals surface area contributed by atoms with Gasteiger partial charge in [0.15, 0.2) is 0 Å². The summed E-state index contributed by atoms with van der Waals surface area (Å²) in [4.78, 5) is 13.5. The molecule has 0 spiro atoms. The first-order valence-corrected chi connectivity index (χ1v) is 9.13. The third-order valence-electron chi connectivity index (χ3n) is 4.58. The summed E-state index contributed by atoms with van der Waals surface area (Å²) in [6.45, 7) is 4.26. The van der Waals surface area contributed by atoms with Gasteiger partial charge in [0.25, 0.3) is 0 Å². The second-order valence-electron chi connectivity index (χ2n) is 6.43. The van der Waals surface area contributed by atoms with Gasteiger partial charge in [-0.05, 0) is 30.3 Å². The summed E-state index contributed by atoms with van der Waals surface area (Å²) in [6, 6.07) is 13.2. The molecular formula is C20H18ClN5O. The van der Waals surface area contributed by atoms with E-state index in [1.165, 1.54) is 0 Å². The van der Waals surface area contributed by atoms with Crippen molar-refractivity contribution < 1.29 is 4.42 Å². The molecule has 1 aliphatic heterocycles. The molecule has 0 bridgehead atoms. The largest absolute Gasteiger partial charge is 0.444 e. The highest BCUT2D eigenvalue weighted by Gasteiger charge is 2.19. The quantitative estimate of drug-likeness (QED) is 0.690. The van der Waals surface area contributed by atoms with Crippen LogP contribution in [0, 0.1) is 11.3 Å². The molecule has 7 heteroatoms. The fourth-order valence-electron chi connectivity index (χ4n) is 3.16. The van der Waals surface area contributed by atoms with Crippen LogP contribution in [0.25, 0.3) is 11.5 Å². The van der Waals surface area contributed by atoms with Gasteiger partial charge in [0.1, 0.15) is 12.1 Å². The van der Waals surface area contributed by atoms with E-state index >= 15 is 0 Å².